The topological polar surface area (TPSA) is 157 Å². The number of carbonyl (C=O) groups excluding carboxylic acids is 4. The summed E-state index contributed by atoms with van der Waals surface area (Å²) >= 11 is 0. The third-order valence-corrected chi connectivity index (χ3v) is 8.41. The van der Waals surface area contributed by atoms with Crippen LogP contribution < -0.4 is 21.5 Å². The highest BCUT2D eigenvalue weighted by Crippen LogP contribution is 2.47. The number of carbonyl (C=O) groups is 4. The quantitative estimate of drug-likeness (QED) is 0.377. The van der Waals surface area contributed by atoms with Crippen LogP contribution in [0.3, 0.4) is 0 Å². The van der Waals surface area contributed by atoms with Gasteiger partial charge in [0.2, 0.25) is 11.7 Å². The Bertz CT molecular complexity index is 1400. The number of allylic oxidation sites excluding steroid dienone is 2. The van der Waals surface area contributed by atoms with Crippen LogP contribution in [0.2, 0.25) is 0 Å². The monoisotopic (exact) mass is 549 g/mol. The van der Waals surface area contributed by atoms with Crippen LogP contribution in [0.25, 0.3) is 0 Å². The first-order chi connectivity index (χ1) is 19.2. The summed E-state index contributed by atoms with van der Waals surface area (Å²) in [6.07, 6.45) is 12.4. The third-order valence-electron chi connectivity index (χ3n) is 8.41. The van der Waals surface area contributed by atoms with Gasteiger partial charge < -0.3 is 20.5 Å². The van der Waals surface area contributed by atoms with Gasteiger partial charge in [0.05, 0.1) is 0 Å². The van der Waals surface area contributed by atoms with Crippen molar-refractivity contribution in [3.05, 3.63) is 53.0 Å². The molecular weight excluding hydrogens is 514 g/mol. The first-order valence-corrected chi connectivity index (χ1v) is 13.8. The Morgan fingerprint density at radius 2 is 1.90 bits per heavy atom. The molecule has 3 N–H and O–H groups in total. The summed E-state index contributed by atoms with van der Waals surface area (Å²) in [7, 11) is 1.62. The molecule has 3 aliphatic carbocycles. The lowest BCUT2D eigenvalue weighted by Gasteiger charge is -2.30. The van der Waals surface area contributed by atoms with E-state index in [2.05, 4.69) is 26.0 Å². The van der Waals surface area contributed by atoms with Gasteiger partial charge in [-0.3, -0.25) is 28.7 Å². The molecule has 3 aliphatic rings. The summed E-state index contributed by atoms with van der Waals surface area (Å²) in [5, 5.41) is 12.6. The van der Waals surface area contributed by atoms with Gasteiger partial charge in [0.1, 0.15) is 24.1 Å². The van der Waals surface area contributed by atoms with Crippen LogP contribution in [0.5, 0.6) is 0 Å². The lowest BCUT2D eigenvalue weighted by molar-refractivity contribution is -0.123. The first-order valence-electron chi connectivity index (χ1n) is 13.8. The number of nitrogens with zero attached hydrogens (tertiary/aromatic N) is 4. The molecule has 2 bridgehead atoms. The molecule has 2 heterocycles. The van der Waals surface area contributed by atoms with Crippen LogP contribution in [-0.4, -0.2) is 54.4 Å². The molecule has 0 aromatic carbocycles. The Labute approximate surface area is 231 Å². The van der Waals surface area contributed by atoms with Gasteiger partial charge in [-0.1, -0.05) is 12.5 Å². The predicted molar refractivity (Wildman–Crippen MR) is 145 cm³/mol. The molecule has 2 aromatic rings. The van der Waals surface area contributed by atoms with E-state index in [0.29, 0.717) is 24.7 Å². The molecule has 4 atom stereocenters. The van der Waals surface area contributed by atoms with E-state index in [1.807, 2.05) is 0 Å². The van der Waals surface area contributed by atoms with Gasteiger partial charge in [0.15, 0.2) is 5.78 Å². The summed E-state index contributed by atoms with van der Waals surface area (Å²) in [6.45, 7) is 1.28. The van der Waals surface area contributed by atoms with Crippen molar-refractivity contribution in [2.24, 2.45) is 24.8 Å². The van der Waals surface area contributed by atoms with Gasteiger partial charge in [-0.15, -0.1) is 5.10 Å². The fourth-order valence-corrected chi connectivity index (χ4v) is 6.28. The van der Waals surface area contributed by atoms with Gasteiger partial charge in [-0.25, -0.2) is 4.98 Å². The number of pyridine rings is 1. The fraction of sp³-hybridized carbons (Fsp3) is 0.536. The Balaban J connectivity index is 1.28. The van der Waals surface area contributed by atoms with E-state index in [4.69, 9.17) is 0 Å². The number of amides is 3. The summed E-state index contributed by atoms with van der Waals surface area (Å²) in [5.41, 5.74) is -1.81. The van der Waals surface area contributed by atoms with Crippen molar-refractivity contribution in [3.8, 4) is 0 Å². The zero-order chi connectivity index (χ0) is 28.4. The second-order valence-corrected chi connectivity index (χ2v) is 11.2. The van der Waals surface area contributed by atoms with Crippen molar-refractivity contribution in [3.63, 3.8) is 0 Å². The van der Waals surface area contributed by atoms with Gasteiger partial charge in [-0.2, -0.15) is 0 Å². The molecule has 0 aliphatic heterocycles. The van der Waals surface area contributed by atoms with E-state index in [0.717, 1.165) is 25.7 Å². The molecule has 212 valence electrons. The van der Waals surface area contributed by atoms with E-state index in [1.54, 1.807) is 19.2 Å². The highest BCUT2D eigenvalue weighted by atomic mass is 16.2. The van der Waals surface area contributed by atoms with E-state index in [1.165, 1.54) is 47.3 Å². The molecule has 0 saturated heterocycles. The first kappa shape index (κ1) is 27.5. The number of anilines is 1. The number of hydrogen-bond donors (Lipinski definition) is 3. The lowest BCUT2D eigenvalue weighted by Crippen LogP contribution is -2.49. The Kier molecular flexibility index (Phi) is 7.68. The smallest absolute Gasteiger partial charge is 0.291 e. The predicted octanol–water partition coefficient (Wildman–Crippen LogP) is 1.33. The standard InChI is InChI=1S/C28H35N7O5/c1-17(36)6-3-9-20-14-28(20,32-25(38)24-29-16-34(2)33-24)27(40)30-21-10-5-13-35(26(21)39)15-22(37)31-23-18-7-4-8-19(23)12-11-18/h3,5-6,10,13,16,18-20,23H,4,7-9,11-12,14-15H2,1-2H3,(H,30,40)(H,31,37)(H,32,38)/b6-3+. The molecule has 40 heavy (non-hydrogen) atoms. The second-order valence-electron chi connectivity index (χ2n) is 11.2. The molecule has 2 aromatic heterocycles. The molecule has 12 nitrogen and oxygen atoms in total. The summed E-state index contributed by atoms with van der Waals surface area (Å²) in [5.74, 6) is -0.881. The van der Waals surface area contributed by atoms with Gasteiger partial charge in [0.25, 0.3) is 17.4 Å². The molecule has 3 fully saturated rings. The Morgan fingerprint density at radius 3 is 2.58 bits per heavy atom. The number of fused-ring (bicyclic) bond motifs is 2. The lowest BCUT2D eigenvalue weighted by atomic mass is 9.84. The summed E-state index contributed by atoms with van der Waals surface area (Å²) in [6, 6.07) is 3.23. The molecule has 12 heteroatoms. The van der Waals surface area contributed by atoms with Crippen molar-refractivity contribution >= 4 is 29.2 Å². The second kappa shape index (κ2) is 11.2. The van der Waals surface area contributed by atoms with Crippen LogP contribution in [0.1, 0.15) is 62.5 Å². The SMILES string of the molecule is CC(=O)/C=C/CC1CC1(NC(=O)c1ncn(C)n1)C(=O)Nc1cccn(CC(=O)NC2C3CCCC2CC3)c1=O. The van der Waals surface area contributed by atoms with Crippen molar-refractivity contribution in [1.82, 2.24) is 30.0 Å². The Hall–Kier alpha value is -4.09. The van der Waals surface area contributed by atoms with E-state index in [9.17, 15) is 24.0 Å². The zero-order valence-electron chi connectivity index (χ0n) is 22.8. The molecule has 0 spiro atoms. The highest BCUT2D eigenvalue weighted by molar-refractivity contribution is 6.05. The van der Waals surface area contributed by atoms with Crippen LogP contribution in [-0.2, 0) is 28.0 Å². The Morgan fingerprint density at radius 1 is 1.15 bits per heavy atom. The number of ketones is 1. The average molecular weight is 550 g/mol. The maximum absolute atomic E-state index is 13.5. The highest BCUT2D eigenvalue weighted by Gasteiger charge is 2.60. The summed E-state index contributed by atoms with van der Waals surface area (Å²) in [4.78, 5) is 67.7. The maximum atomic E-state index is 13.5. The molecule has 0 radical (unpaired) electrons. The van der Waals surface area contributed by atoms with Crippen LogP contribution >= 0.6 is 0 Å². The normalized spacial score (nSPS) is 26.9. The van der Waals surface area contributed by atoms with Crippen LogP contribution in [0, 0.1) is 17.8 Å². The maximum Gasteiger partial charge on any atom is 0.291 e. The fourth-order valence-electron chi connectivity index (χ4n) is 6.28. The van der Waals surface area contributed by atoms with Crippen molar-refractivity contribution in [1.29, 1.82) is 0 Å². The van der Waals surface area contributed by atoms with Crippen molar-refractivity contribution in [2.75, 3.05) is 5.32 Å². The number of hydrogen-bond acceptors (Lipinski definition) is 7. The molecule has 3 amide bonds. The van der Waals surface area contributed by atoms with Crippen LogP contribution in [0.15, 0.2) is 41.6 Å². The molecule has 5 rings (SSSR count). The van der Waals surface area contributed by atoms with E-state index < -0.39 is 22.9 Å². The third kappa shape index (κ3) is 5.75. The van der Waals surface area contributed by atoms with E-state index >= 15 is 0 Å². The van der Waals surface area contributed by atoms with Gasteiger partial charge in [0, 0.05) is 19.3 Å². The minimum atomic E-state index is -1.30. The van der Waals surface area contributed by atoms with Gasteiger partial charge >= 0.3 is 0 Å². The minimum Gasteiger partial charge on any atom is -0.351 e. The van der Waals surface area contributed by atoms with Gasteiger partial charge in [-0.05, 0) is 81.4 Å². The largest absolute Gasteiger partial charge is 0.351 e. The van der Waals surface area contributed by atoms with Crippen molar-refractivity contribution < 1.29 is 19.2 Å². The summed E-state index contributed by atoms with van der Waals surface area (Å²) < 4.78 is 2.65. The zero-order valence-corrected chi connectivity index (χ0v) is 22.8. The number of aryl methyl sites for hydroxylation is 1. The number of aromatic nitrogens is 4. The van der Waals surface area contributed by atoms with Crippen molar-refractivity contribution in [2.45, 2.75) is 70.0 Å². The minimum absolute atomic E-state index is 0.00699. The molecule has 3 saturated carbocycles. The molecular formula is C28H35N7O5. The number of nitrogens with one attached hydrogen (secondary N) is 3. The van der Waals surface area contributed by atoms with E-state index in [-0.39, 0.29) is 41.7 Å². The molecule has 4 unspecified atom stereocenters. The van der Waals surface area contributed by atoms with Crippen LogP contribution in [0.4, 0.5) is 5.69 Å². The number of rotatable bonds is 10. The average Bonchev–Trinajstić information content (AvgIpc) is 3.35.